The minimum absolute atomic E-state index is 0. The number of aryl methyl sites for hydroxylation is 2. The topological polar surface area (TPSA) is 68.0 Å². The molecule has 0 saturated carbocycles. The SMILES string of the molecule is CC(CN)C(=O)Nc1nc(-c2ccc3c(c2)CCCC3)cs1.Cl. The number of hydrogen-bond acceptors (Lipinski definition) is 4. The van der Waals surface area contributed by atoms with Gasteiger partial charge in [-0.25, -0.2) is 4.98 Å². The van der Waals surface area contributed by atoms with Gasteiger partial charge in [0.25, 0.3) is 0 Å². The molecule has 0 fully saturated rings. The number of carbonyl (C=O) groups is 1. The molecule has 1 aliphatic carbocycles. The second-order valence-electron chi connectivity index (χ2n) is 5.85. The summed E-state index contributed by atoms with van der Waals surface area (Å²) < 4.78 is 0. The van der Waals surface area contributed by atoms with Crippen molar-refractivity contribution < 1.29 is 4.79 Å². The van der Waals surface area contributed by atoms with Gasteiger partial charge in [-0.15, -0.1) is 23.7 Å². The first-order valence-corrected chi connectivity index (χ1v) is 8.64. The average Bonchev–Trinajstić information content (AvgIpc) is 3.02. The molecule has 1 unspecified atom stereocenters. The molecule has 0 bridgehead atoms. The van der Waals surface area contributed by atoms with Crippen LogP contribution in [0.15, 0.2) is 23.6 Å². The molecule has 6 heteroatoms. The van der Waals surface area contributed by atoms with Crippen molar-refractivity contribution in [2.24, 2.45) is 11.7 Å². The fourth-order valence-corrected chi connectivity index (χ4v) is 3.41. The number of nitrogens with one attached hydrogen (secondary N) is 1. The predicted octanol–water partition coefficient (Wildman–Crippen LogP) is 3.64. The van der Waals surface area contributed by atoms with E-state index in [1.807, 2.05) is 12.3 Å². The number of rotatable bonds is 4. The summed E-state index contributed by atoms with van der Waals surface area (Å²) in [6.07, 6.45) is 4.90. The normalized spacial score (nSPS) is 14.5. The lowest BCUT2D eigenvalue weighted by atomic mass is 9.90. The monoisotopic (exact) mass is 351 g/mol. The lowest BCUT2D eigenvalue weighted by Crippen LogP contribution is -2.26. The highest BCUT2D eigenvalue weighted by Gasteiger charge is 2.14. The maximum atomic E-state index is 11.9. The Hall–Kier alpha value is -1.43. The maximum absolute atomic E-state index is 11.9. The van der Waals surface area contributed by atoms with Gasteiger partial charge >= 0.3 is 0 Å². The van der Waals surface area contributed by atoms with Crippen molar-refractivity contribution in [3.63, 3.8) is 0 Å². The van der Waals surface area contributed by atoms with Crippen molar-refractivity contribution in [1.29, 1.82) is 0 Å². The molecular weight excluding hydrogens is 330 g/mol. The number of thiazole rings is 1. The summed E-state index contributed by atoms with van der Waals surface area (Å²) in [5, 5.41) is 5.46. The van der Waals surface area contributed by atoms with Crippen LogP contribution in [0.3, 0.4) is 0 Å². The van der Waals surface area contributed by atoms with Gasteiger partial charge in [0.05, 0.1) is 5.69 Å². The quantitative estimate of drug-likeness (QED) is 0.883. The Morgan fingerprint density at radius 2 is 2.09 bits per heavy atom. The van der Waals surface area contributed by atoms with Gasteiger partial charge in [-0.2, -0.15) is 0 Å². The minimum atomic E-state index is -0.198. The summed E-state index contributed by atoms with van der Waals surface area (Å²) in [4.78, 5) is 16.4. The molecule has 124 valence electrons. The van der Waals surface area contributed by atoms with E-state index >= 15 is 0 Å². The molecule has 0 spiro atoms. The van der Waals surface area contributed by atoms with E-state index in [2.05, 4.69) is 28.5 Å². The summed E-state index contributed by atoms with van der Waals surface area (Å²) in [6, 6.07) is 6.60. The van der Waals surface area contributed by atoms with Crippen LogP contribution in [-0.4, -0.2) is 17.4 Å². The van der Waals surface area contributed by atoms with Gasteiger partial charge in [0.2, 0.25) is 5.91 Å². The van der Waals surface area contributed by atoms with Gasteiger partial charge in [-0.05, 0) is 42.9 Å². The Labute approximate surface area is 146 Å². The molecule has 1 aromatic carbocycles. The molecule has 0 aliphatic heterocycles. The number of nitrogens with zero attached hydrogens (tertiary/aromatic N) is 1. The third-order valence-electron chi connectivity index (χ3n) is 4.18. The van der Waals surface area contributed by atoms with Crippen molar-refractivity contribution in [2.45, 2.75) is 32.6 Å². The van der Waals surface area contributed by atoms with E-state index in [1.165, 1.54) is 41.7 Å². The highest BCUT2D eigenvalue weighted by molar-refractivity contribution is 7.14. The van der Waals surface area contributed by atoms with Crippen molar-refractivity contribution in [3.8, 4) is 11.3 Å². The van der Waals surface area contributed by atoms with Crippen LogP contribution in [0.1, 0.15) is 30.9 Å². The summed E-state index contributed by atoms with van der Waals surface area (Å²) in [5.74, 6) is -0.273. The number of anilines is 1. The Morgan fingerprint density at radius 1 is 1.35 bits per heavy atom. The van der Waals surface area contributed by atoms with Crippen molar-refractivity contribution >= 4 is 34.8 Å². The number of fused-ring (bicyclic) bond motifs is 1. The van der Waals surface area contributed by atoms with E-state index in [4.69, 9.17) is 5.73 Å². The van der Waals surface area contributed by atoms with E-state index < -0.39 is 0 Å². The predicted molar refractivity (Wildman–Crippen MR) is 98.3 cm³/mol. The van der Waals surface area contributed by atoms with Crippen LogP contribution in [0, 0.1) is 5.92 Å². The number of carbonyl (C=O) groups excluding carboxylic acids is 1. The van der Waals surface area contributed by atoms with Gasteiger partial charge in [0.1, 0.15) is 0 Å². The van der Waals surface area contributed by atoms with Crippen LogP contribution in [-0.2, 0) is 17.6 Å². The van der Waals surface area contributed by atoms with Crippen LogP contribution < -0.4 is 11.1 Å². The van der Waals surface area contributed by atoms with E-state index in [0.717, 1.165) is 17.7 Å². The average molecular weight is 352 g/mol. The third kappa shape index (κ3) is 4.10. The van der Waals surface area contributed by atoms with Crippen LogP contribution in [0.4, 0.5) is 5.13 Å². The molecule has 23 heavy (non-hydrogen) atoms. The van der Waals surface area contributed by atoms with Gasteiger partial charge in [0, 0.05) is 23.4 Å². The molecule has 0 radical (unpaired) electrons. The molecule has 2 aromatic rings. The number of hydrogen-bond donors (Lipinski definition) is 2. The highest BCUT2D eigenvalue weighted by Crippen LogP contribution is 2.29. The molecule has 0 saturated heterocycles. The minimum Gasteiger partial charge on any atom is -0.330 e. The molecule has 1 amide bonds. The number of halogens is 1. The number of benzene rings is 1. The van der Waals surface area contributed by atoms with Crippen LogP contribution in [0.2, 0.25) is 0 Å². The van der Waals surface area contributed by atoms with Gasteiger partial charge in [-0.3, -0.25) is 4.79 Å². The van der Waals surface area contributed by atoms with E-state index in [9.17, 15) is 4.79 Å². The number of nitrogens with two attached hydrogens (primary N) is 1. The Bertz CT molecular complexity index is 686. The molecule has 1 aliphatic rings. The zero-order valence-corrected chi connectivity index (χ0v) is 14.8. The largest absolute Gasteiger partial charge is 0.330 e. The summed E-state index contributed by atoms with van der Waals surface area (Å²) in [7, 11) is 0. The van der Waals surface area contributed by atoms with Crippen LogP contribution >= 0.6 is 23.7 Å². The van der Waals surface area contributed by atoms with E-state index in [-0.39, 0.29) is 24.2 Å². The third-order valence-corrected chi connectivity index (χ3v) is 4.94. The zero-order chi connectivity index (χ0) is 15.5. The highest BCUT2D eigenvalue weighted by atomic mass is 35.5. The second-order valence-corrected chi connectivity index (χ2v) is 6.71. The Morgan fingerprint density at radius 3 is 2.83 bits per heavy atom. The molecular formula is C17H22ClN3OS. The number of aromatic nitrogens is 1. The fourth-order valence-electron chi connectivity index (χ4n) is 2.69. The lowest BCUT2D eigenvalue weighted by Gasteiger charge is -2.16. The van der Waals surface area contributed by atoms with Gasteiger partial charge in [-0.1, -0.05) is 19.1 Å². The van der Waals surface area contributed by atoms with Crippen molar-refractivity contribution in [2.75, 3.05) is 11.9 Å². The van der Waals surface area contributed by atoms with E-state index in [0.29, 0.717) is 11.7 Å². The molecule has 3 rings (SSSR count). The second kappa shape index (κ2) is 7.90. The standard InChI is InChI=1S/C17H21N3OS.ClH/c1-11(9-18)16(21)20-17-19-15(10-22-17)14-7-6-12-4-2-3-5-13(12)8-14;/h6-8,10-11H,2-5,9,18H2,1H3,(H,19,20,21);1H. The first kappa shape index (κ1) is 17.9. The molecule has 4 nitrogen and oxygen atoms in total. The van der Waals surface area contributed by atoms with Gasteiger partial charge in [0.15, 0.2) is 5.13 Å². The number of amides is 1. The van der Waals surface area contributed by atoms with E-state index in [1.54, 1.807) is 0 Å². The Balaban J connectivity index is 0.00000192. The van der Waals surface area contributed by atoms with Crippen LogP contribution in [0.25, 0.3) is 11.3 Å². The Kier molecular flexibility index (Phi) is 6.16. The molecule has 1 atom stereocenters. The van der Waals surface area contributed by atoms with Gasteiger partial charge < -0.3 is 11.1 Å². The first-order chi connectivity index (χ1) is 10.7. The van der Waals surface area contributed by atoms with Crippen molar-refractivity contribution in [1.82, 2.24) is 4.98 Å². The summed E-state index contributed by atoms with van der Waals surface area (Å²) in [6.45, 7) is 2.15. The molecule has 1 heterocycles. The lowest BCUT2D eigenvalue weighted by molar-refractivity contribution is -0.119. The molecule has 1 aromatic heterocycles. The maximum Gasteiger partial charge on any atom is 0.230 e. The first-order valence-electron chi connectivity index (χ1n) is 7.76. The smallest absolute Gasteiger partial charge is 0.230 e. The molecule has 3 N–H and O–H groups in total. The summed E-state index contributed by atoms with van der Waals surface area (Å²) in [5.41, 5.74) is 10.5. The van der Waals surface area contributed by atoms with Crippen LogP contribution in [0.5, 0.6) is 0 Å². The summed E-state index contributed by atoms with van der Waals surface area (Å²) >= 11 is 1.45. The fraction of sp³-hybridized carbons (Fsp3) is 0.412. The zero-order valence-electron chi connectivity index (χ0n) is 13.2. The van der Waals surface area contributed by atoms with Crippen molar-refractivity contribution in [3.05, 3.63) is 34.7 Å².